The summed E-state index contributed by atoms with van der Waals surface area (Å²) in [4.78, 5) is 4.73. The quantitative estimate of drug-likeness (QED) is 0.109. The molecule has 0 amide bonds. The van der Waals surface area contributed by atoms with Crippen LogP contribution in [0.4, 0.5) is 34.1 Å². The van der Waals surface area contributed by atoms with Gasteiger partial charge in [0.25, 0.3) is 0 Å². The van der Waals surface area contributed by atoms with Gasteiger partial charge in [0.2, 0.25) is 0 Å². The highest BCUT2D eigenvalue weighted by molar-refractivity contribution is 5.78. The molecule has 2 heteroatoms. The lowest BCUT2D eigenvalue weighted by Crippen LogP contribution is -2.22. The van der Waals surface area contributed by atoms with Crippen LogP contribution >= 0.6 is 0 Å². The summed E-state index contributed by atoms with van der Waals surface area (Å²) in [5.41, 5.74) is 17.2. The zero-order chi connectivity index (χ0) is 40.9. The SMILES string of the molecule is CCc1ccc(N(c2ccc(CC)cc2)c2ccc(C(C)(C)c3ccc(C(C)(C)c4ccc(N(c5ccc(CC)cc5)c5ccc(CC)cc5)cc4)cc3)cc2)cc1. The molecule has 0 spiro atoms. The maximum atomic E-state index is 2.36. The Balaban J connectivity index is 1.12. The van der Waals surface area contributed by atoms with Crippen molar-refractivity contribution in [2.75, 3.05) is 9.80 Å². The smallest absolute Gasteiger partial charge is 0.0461 e. The average molecular weight is 761 g/mol. The molecule has 58 heavy (non-hydrogen) atoms. The zero-order valence-electron chi connectivity index (χ0n) is 35.9. The Labute approximate surface area is 348 Å². The third-order valence-electron chi connectivity index (χ3n) is 12.4. The molecule has 0 radical (unpaired) electrons. The van der Waals surface area contributed by atoms with Crippen molar-refractivity contribution in [3.63, 3.8) is 0 Å². The van der Waals surface area contributed by atoms with Crippen LogP contribution in [0.25, 0.3) is 0 Å². The molecule has 0 heterocycles. The first-order valence-electron chi connectivity index (χ1n) is 21.3. The molecule has 7 rings (SSSR count). The Morgan fingerprint density at radius 3 is 0.586 bits per heavy atom. The van der Waals surface area contributed by atoms with Crippen LogP contribution in [0.15, 0.2) is 170 Å². The predicted molar refractivity (Wildman–Crippen MR) is 250 cm³/mol. The molecule has 0 N–H and O–H groups in total. The molecule has 0 saturated heterocycles. The fourth-order valence-corrected chi connectivity index (χ4v) is 8.11. The Kier molecular flexibility index (Phi) is 12.1. The summed E-state index contributed by atoms with van der Waals surface area (Å²) >= 11 is 0. The minimum atomic E-state index is -0.173. The van der Waals surface area contributed by atoms with Gasteiger partial charge < -0.3 is 9.80 Å². The fourth-order valence-electron chi connectivity index (χ4n) is 8.11. The van der Waals surface area contributed by atoms with Crippen molar-refractivity contribution in [1.29, 1.82) is 0 Å². The van der Waals surface area contributed by atoms with E-state index in [9.17, 15) is 0 Å². The second-order valence-electron chi connectivity index (χ2n) is 16.7. The second kappa shape index (κ2) is 17.3. The molecular weight excluding hydrogens is 701 g/mol. The molecule has 0 aromatic heterocycles. The number of hydrogen-bond acceptors (Lipinski definition) is 2. The summed E-state index contributed by atoms with van der Waals surface area (Å²) < 4.78 is 0. The molecule has 0 aliphatic carbocycles. The van der Waals surface area contributed by atoms with E-state index in [-0.39, 0.29) is 10.8 Å². The summed E-state index contributed by atoms with van der Waals surface area (Å²) in [6.45, 7) is 18.2. The van der Waals surface area contributed by atoms with E-state index >= 15 is 0 Å². The Bertz CT molecular complexity index is 2100. The van der Waals surface area contributed by atoms with Crippen LogP contribution in [0.2, 0.25) is 0 Å². The maximum absolute atomic E-state index is 2.36. The summed E-state index contributed by atoms with van der Waals surface area (Å²) in [6.07, 6.45) is 4.13. The molecule has 0 fully saturated rings. The van der Waals surface area contributed by atoms with Gasteiger partial charge in [-0.25, -0.2) is 0 Å². The van der Waals surface area contributed by atoms with E-state index < -0.39 is 0 Å². The fraction of sp³-hybridized carbons (Fsp3) is 0.250. The van der Waals surface area contributed by atoms with E-state index in [4.69, 9.17) is 0 Å². The van der Waals surface area contributed by atoms with E-state index in [2.05, 4.69) is 235 Å². The van der Waals surface area contributed by atoms with Gasteiger partial charge in [-0.3, -0.25) is 0 Å². The van der Waals surface area contributed by atoms with Crippen molar-refractivity contribution in [2.45, 2.75) is 91.9 Å². The van der Waals surface area contributed by atoms with Crippen molar-refractivity contribution in [3.8, 4) is 0 Å². The molecular formula is C56H60N2. The van der Waals surface area contributed by atoms with Crippen LogP contribution < -0.4 is 9.80 Å². The molecule has 0 saturated carbocycles. The first kappa shape index (κ1) is 40.3. The third kappa shape index (κ3) is 8.39. The molecule has 0 unspecified atom stereocenters. The summed E-state index contributed by atoms with van der Waals surface area (Å²) in [5, 5.41) is 0. The molecule has 294 valence electrons. The van der Waals surface area contributed by atoms with Crippen LogP contribution in [-0.4, -0.2) is 0 Å². The van der Waals surface area contributed by atoms with Crippen molar-refractivity contribution in [2.24, 2.45) is 0 Å². The number of rotatable bonds is 14. The zero-order valence-corrected chi connectivity index (χ0v) is 35.9. The molecule has 0 bridgehead atoms. The van der Waals surface area contributed by atoms with Gasteiger partial charge >= 0.3 is 0 Å². The van der Waals surface area contributed by atoms with Gasteiger partial charge in [0.05, 0.1) is 0 Å². The number of aryl methyl sites for hydroxylation is 4. The number of anilines is 6. The predicted octanol–water partition coefficient (Wildman–Crippen LogP) is 15.5. The minimum Gasteiger partial charge on any atom is -0.311 e. The largest absolute Gasteiger partial charge is 0.311 e. The first-order valence-corrected chi connectivity index (χ1v) is 21.3. The van der Waals surface area contributed by atoms with E-state index in [1.54, 1.807) is 0 Å². The lowest BCUT2D eigenvalue weighted by Gasteiger charge is -2.31. The molecule has 0 aliphatic heterocycles. The molecule has 7 aromatic rings. The van der Waals surface area contributed by atoms with E-state index in [1.165, 1.54) is 67.3 Å². The minimum absolute atomic E-state index is 0.173. The number of benzene rings is 7. The monoisotopic (exact) mass is 760 g/mol. The summed E-state index contributed by atoms with van der Waals surface area (Å²) in [7, 11) is 0. The van der Waals surface area contributed by atoms with Gasteiger partial charge in [0.1, 0.15) is 0 Å². The van der Waals surface area contributed by atoms with Crippen molar-refractivity contribution >= 4 is 34.1 Å². The molecule has 2 nitrogen and oxygen atoms in total. The van der Waals surface area contributed by atoms with Crippen LogP contribution in [0.5, 0.6) is 0 Å². The van der Waals surface area contributed by atoms with Gasteiger partial charge in [-0.15, -0.1) is 0 Å². The van der Waals surface area contributed by atoms with Crippen LogP contribution in [0.1, 0.15) is 99.9 Å². The number of hydrogen-bond donors (Lipinski definition) is 0. The van der Waals surface area contributed by atoms with Gasteiger partial charge in [-0.2, -0.15) is 0 Å². The van der Waals surface area contributed by atoms with Crippen molar-refractivity contribution in [3.05, 3.63) is 214 Å². The Morgan fingerprint density at radius 1 is 0.259 bits per heavy atom. The maximum Gasteiger partial charge on any atom is 0.0461 e. The molecule has 0 atom stereocenters. The Morgan fingerprint density at radius 2 is 0.414 bits per heavy atom. The van der Waals surface area contributed by atoms with Gasteiger partial charge in [0.15, 0.2) is 0 Å². The summed E-state index contributed by atoms with van der Waals surface area (Å²) in [5.74, 6) is 0. The van der Waals surface area contributed by atoms with Crippen LogP contribution in [0, 0.1) is 0 Å². The lowest BCUT2D eigenvalue weighted by atomic mass is 9.74. The van der Waals surface area contributed by atoms with Crippen molar-refractivity contribution in [1.82, 2.24) is 0 Å². The highest BCUT2D eigenvalue weighted by Crippen LogP contribution is 2.41. The first-order chi connectivity index (χ1) is 28.0. The van der Waals surface area contributed by atoms with Gasteiger partial charge in [-0.05, 0) is 143 Å². The van der Waals surface area contributed by atoms with Gasteiger partial charge in [0, 0.05) is 45.0 Å². The average Bonchev–Trinajstić information content (AvgIpc) is 3.28. The molecule has 0 aliphatic rings. The Hall–Kier alpha value is -5.86. The number of nitrogens with zero attached hydrogens (tertiary/aromatic N) is 2. The van der Waals surface area contributed by atoms with E-state index in [1.807, 2.05) is 0 Å². The molecule has 7 aromatic carbocycles. The standard InChI is InChI=1S/C56H60N2/c1-9-41-13-29-49(30-14-41)57(50-31-15-42(10-2)16-32-50)53-37-25-47(26-38-53)55(5,6)45-21-23-46(24-22-45)56(7,8)48-27-39-54(40-28-48)58(51-33-17-43(11-3)18-34-51)52-35-19-44(12-4)20-36-52/h13-40H,9-12H2,1-8H3. The van der Waals surface area contributed by atoms with Crippen LogP contribution in [0.3, 0.4) is 0 Å². The third-order valence-corrected chi connectivity index (χ3v) is 12.4. The van der Waals surface area contributed by atoms with E-state index in [0.29, 0.717) is 0 Å². The summed E-state index contributed by atoms with van der Waals surface area (Å²) in [6, 6.07) is 63.6. The normalized spacial score (nSPS) is 11.7. The highest BCUT2D eigenvalue weighted by Gasteiger charge is 2.27. The van der Waals surface area contributed by atoms with Crippen LogP contribution in [-0.2, 0) is 36.5 Å². The lowest BCUT2D eigenvalue weighted by molar-refractivity contribution is 0.626. The topological polar surface area (TPSA) is 6.48 Å². The second-order valence-corrected chi connectivity index (χ2v) is 16.7. The van der Waals surface area contributed by atoms with Crippen molar-refractivity contribution < 1.29 is 0 Å². The van der Waals surface area contributed by atoms with Gasteiger partial charge in [-0.1, -0.05) is 152 Å². The highest BCUT2D eigenvalue weighted by atomic mass is 15.1. The van der Waals surface area contributed by atoms with E-state index in [0.717, 1.165) is 37.1 Å².